The molecule has 8 heteroatoms. The van der Waals surface area contributed by atoms with Crippen LogP contribution in [0.4, 0.5) is 16.2 Å². The largest absolute Gasteiger partial charge is 0.481 e. The Balaban J connectivity index is 2.50. The van der Waals surface area contributed by atoms with E-state index in [-0.39, 0.29) is 18.7 Å². The van der Waals surface area contributed by atoms with Crippen LogP contribution >= 0.6 is 0 Å². The maximum Gasteiger partial charge on any atom is 0.411 e. The molecule has 3 N–H and O–H groups in total. The summed E-state index contributed by atoms with van der Waals surface area (Å²) >= 11 is 0. The topological polar surface area (TPSA) is 118 Å². The minimum atomic E-state index is -1.00. The second-order valence-electron chi connectivity index (χ2n) is 6.28. The smallest absolute Gasteiger partial charge is 0.411 e. The van der Waals surface area contributed by atoms with Crippen molar-refractivity contribution in [3.63, 3.8) is 0 Å². The highest BCUT2D eigenvalue weighted by Gasteiger charge is 2.21. The van der Waals surface area contributed by atoms with Gasteiger partial charge >= 0.3 is 12.1 Å². The number of carbonyl (C=O) groups excluding carboxylic acids is 2. The third-order valence-electron chi connectivity index (χ3n) is 4.16. The number of ether oxygens (including phenoxy) is 1. The normalized spacial score (nSPS) is 11.1. The Bertz CT molecular complexity index is 971. The van der Waals surface area contributed by atoms with Gasteiger partial charge in [0.15, 0.2) is 0 Å². The lowest BCUT2D eigenvalue weighted by Gasteiger charge is -2.15. The van der Waals surface area contributed by atoms with E-state index in [1.165, 1.54) is 19.3 Å². The monoisotopic (exact) mass is 409 g/mol. The predicted octanol–water partition coefficient (Wildman–Crippen LogP) is 4.19. The molecule has 0 aliphatic heterocycles. The molecule has 0 spiro atoms. The Kier molecular flexibility index (Phi) is 7.87. The van der Waals surface area contributed by atoms with Crippen LogP contribution in [0, 0.1) is 0 Å². The Morgan fingerprint density at radius 1 is 1.17 bits per heavy atom. The number of carboxylic acids is 1. The van der Waals surface area contributed by atoms with E-state index in [1.807, 2.05) is 0 Å². The standard InChI is InChI=1S/C22H23N3O5/c1-4-7-16(21(27)28)18-10-6-9-17(24-18)15-12-11-14(23-22(29)30-3)13-19(15)25-20(26)8-5-2/h4-6,9-13,16H,1-2,7-8H2,3H3,(H,23,29)(H,25,26)(H,27,28). The van der Waals surface area contributed by atoms with Crippen LogP contribution in [0.15, 0.2) is 61.7 Å². The molecule has 30 heavy (non-hydrogen) atoms. The van der Waals surface area contributed by atoms with E-state index in [4.69, 9.17) is 0 Å². The van der Waals surface area contributed by atoms with E-state index in [0.717, 1.165) is 0 Å². The first-order chi connectivity index (χ1) is 14.4. The van der Waals surface area contributed by atoms with Gasteiger partial charge in [-0.1, -0.05) is 18.2 Å². The molecule has 1 atom stereocenters. The van der Waals surface area contributed by atoms with Crippen molar-refractivity contribution in [1.82, 2.24) is 4.98 Å². The van der Waals surface area contributed by atoms with Crippen molar-refractivity contribution >= 4 is 29.3 Å². The third-order valence-corrected chi connectivity index (χ3v) is 4.16. The summed E-state index contributed by atoms with van der Waals surface area (Å²) in [6.45, 7) is 7.15. The molecule has 2 aromatic rings. The zero-order valence-electron chi connectivity index (χ0n) is 16.6. The van der Waals surface area contributed by atoms with E-state index < -0.39 is 18.0 Å². The number of aliphatic carboxylic acids is 1. The van der Waals surface area contributed by atoms with Crippen LogP contribution in [-0.4, -0.2) is 35.2 Å². The Hall–Kier alpha value is -3.94. The first kappa shape index (κ1) is 22.4. The third kappa shape index (κ3) is 5.78. The minimum Gasteiger partial charge on any atom is -0.481 e. The number of hydrogen-bond donors (Lipinski definition) is 3. The lowest BCUT2D eigenvalue weighted by Crippen LogP contribution is -2.14. The molecule has 1 heterocycles. The molecule has 0 saturated carbocycles. The maximum atomic E-state index is 12.1. The van der Waals surface area contributed by atoms with Gasteiger partial charge in [-0.3, -0.25) is 19.9 Å². The van der Waals surface area contributed by atoms with Crippen LogP contribution in [0.1, 0.15) is 24.5 Å². The minimum absolute atomic E-state index is 0.0992. The number of hydrogen-bond acceptors (Lipinski definition) is 5. The van der Waals surface area contributed by atoms with Crippen molar-refractivity contribution in [2.75, 3.05) is 17.7 Å². The Morgan fingerprint density at radius 3 is 2.57 bits per heavy atom. The highest BCUT2D eigenvalue weighted by molar-refractivity contribution is 5.97. The van der Waals surface area contributed by atoms with Crippen molar-refractivity contribution in [3.05, 3.63) is 67.4 Å². The first-order valence-electron chi connectivity index (χ1n) is 9.10. The molecule has 1 aromatic heterocycles. The number of amides is 2. The maximum absolute atomic E-state index is 12.1. The molecule has 0 fully saturated rings. The summed E-state index contributed by atoms with van der Waals surface area (Å²) in [4.78, 5) is 39.7. The van der Waals surface area contributed by atoms with Gasteiger partial charge in [0.25, 0.3) is 0 Å². The molecule has 2 rings (SSSR count). The fraction of sp³-hybridized carbons (Fsp3) is 0.182. The van der Waals surface area contributed by atoms with E-state index in [2.05, 4.69) is 33.5 Å². The van der Waals surface area contributed by atoms with E-state index in [0.29, 0.717) is 28.3 Å². The van der Waals surface area contributed by atoms with Gasteiger partial charge in [0.05, 0.1) is 24.2 Å². The van der Waals surface area contributed by atoms with Crippen LogP contribution in [0.2, 0.25) is 0 Å². The molecular weight excluding hydrogens is 386 g/mol. The van der Waals surface area contributed by atoms with Gasteiger partial charge in [0.2, 0.25) is 5.91 Å². The van der Waals surface area contributed by atoms with Crippen LogP contribution in [0.3, 0.4) is 0 Å². The molecule has 0 saturated heterocycles. The van der Waals surface area contributed by atoms with E-state index in [1.54, 1.807) is 36.4 Å². The number of allylic oxidation sites excluding steroid dienone is 1. The quantitative estimate of drug-likeness (QED) is 0.535. The number of anilines is 2. The summed E-state index contributed by atoms with van der Waals surface area (Å²) in [7, 11) is 1.24. The summed E-state index contributed by atoms with van der Waals surface area (Å²) in [5, 5.41) is 14.8. The van der Waals surface area contributed by atoms with Gasteiger partial charge in [-0.2, -0.15) is 0 Å². The number of rotatable bonds is 9. The summed E-state index contributed by atoms with van der Waals surface area (Å²) in [6.07, 6.45) is 2.68. The number of aromatic nitrogens is 1. The van der Waals surface area contributed by atoms with Crippen LogP contribution in [0.5, 0.6) is 0 Å². The highest BCUT2D eigenvalue weighted by Crippen LogP contribution is 2.31. The van der Waals surface area contributed by atoms with Crippen LogP contribution in [0.25, 0.3) is 11.3 Å². The highest BCUT2D eigenvalue weighted by atomic mass is 16.5. The Labute approximate surface area is 174 Å². The number of benzene rings is 1. The zero-order chi connectivity index (χ0) is 22.1. The molecule has 0 radical (unpaired) electrons. The fourth-order valence-electron chi connectivity index (χ4n) is 2.76. The van der Waals surface area contributed by atoms with Gasteiger partial charge in [-0.15, -0.1) is 13.2 Å². The van der Waals surface area contributed by atoms with Gasteiger partial charge in [0, 0.05) is 17.7 Å². The number of methoxy groups -OCH3 is 1. The van der Waals surface area contributed by atoms with Gasteiger partial charge in [0.1, 0.15) is 5.92 Å². The number of carbonyl (C=O) groups is 3. The number of nitrogens with one attached hydrogen (secondary N) is 2. The molecule has 0 aliphatic rings. The molecule has 1 unspecified atom stereocenters. The molecular formula is C22H23N3O5. The SMILES string of the molecule is C=CCC(=O)Nc1cc(NC(=O)OC)ccc1-c1cccc(C(CC=C)C(=O)O)n1. The van der Waals surface area contributed by atoms with Crippen molar-refractivity contribution in [3.8, 4) is 11.3 Å². The second kappa shape index (κ2) is 10.6. The van der Waals surface area contributed by atoms with E-state index >= 15 is 0 Å². The molecule has 0 bridgehead atoms. The predicted molar refractivity (Wildman–Crippen MR) is 114 cm³/mol. The lowest BCUT2D eigenvalue weighted by atomic mass is 9.99. The summed E-state index contributed by atoms with van der Waals surface area (Å²) in [5.74, 6) is -2.13. The van der Waals surface area contributed by atoms with Crippen molar-refractivity contribution < 1.29 is 24.2 Å². The van der Waals surface area contributed by atoms with Crippen LogP contribution in [-0.2, 0) is 14.3 Å². The molecule has 1 aromatic carbocycles. The number of pyridine rings is 1. The van der Waals surface area contributed by atoms with Gasteiger partial charge < -0.3 is 15.2 Å². The second-order valence-corrected chi connectivity index (χ2v) is 6.28. The fourth-order valence-corrected chi connectivity index (χ4v) is 2.76. The average Bonchev–Trinajstić information content (AvgIpc) is 2.72. The van der Waals surface area contributed by atoms with Crippen molar-refractivity contribution in [2.24, 2.45) is 0 Å². The molecule has 8 nitrogen and oxygen atoms in total. The van der Waals surface area contributed by atoms with Gasteiger partial charge in [-0.25, -0.2) is 4.79 Å². The Morgan fingerprint density at radius 2 is 1.93 bits per heavy atom. The first-order valence-corrected chi connectivity index (χ1v) is 9.10. The molecule has 156 valence electrons. The zero-order valence-corrected chi connectivity index (χ0v) is 16.6. The summed E-state index contributed by atoms with van der Waals surface area (Å²) in [5.41, 5.74) is 2.22. The van der Waals surface area contributed by atoms with Crippen molar-refractivity contribution in [1.29, 1.82) is 0 Å². The van der Waals surface area contributed by atoms with E-state index in [9.17, 15) is 19.5 Å². The van der Waals surface area contributed by atoms with Gasteiger partial charge in [-0.05, 0) is 36.8 Å². The number of nitrogens with zero attached hydrogens (tertiary/aromatic N) is 1. The van der Waals surface area contributed by atoms with Crippen molar-refractivity contribution in [2.45, 2.75) is 18.8 Å². The molecule has 0 aliphatic carbocycles. The van der Waals surface area contributed by atoms with Crippen LogP contribution < -0.4 is 10.6 Å². The summed E-state index contributed by atoms with van der Waals surface area (Å²) < 4.78 is 4.59. The molecule has 2 amide bonds. The number of carboxylic acid groups (broad SMARTS) is 1. The lowest BCUT2D eigenvalue weighted by molar-refractivity contribution is -0.138. The summed E-state index contributed by atoms with van der Waals surface area (Å²) in [6, 6.07) is 9.91. The average molecular weight is 409 g/mol.